The van der Waals surface area contributed by atoms with Crippen LogP contribution in [0, 0.1) is 0 Å². The van der Waals surface area contributed by atoms with Crippen molar-refractivity contribution in [3.63, 3.8) is 0 Å². The highest BCUT2D eigenvalue weighted by molar-refractivity contribution is 7.13. The summed E-state index contributed by atoms with van der Waals surface area (Å²) in [5.74, 6) is 0. The fourth-order valence-electron chi connectivity index (χ4n) is 1.88. The largest absolute Gasteiger partial charge is 0.382 e. The molecule has 0 saturated heterocycles. The van der Waals surface area contributed by atoms with E-state index in [1.807, 2.05) is 41.9 Å². The molecule has 0 radical (unpaired) electrons. The molecule has 22 heavy (non-hydrogen) atoms. The molecule has 2 aromatic heterocycles. The molecule has 0 amide bonds. The van der Waals surface area contributed by atoms with Crippen LogP contribution in [0.4, 0.5) is 0 Å². The van der Waals surface area contributed by atoms with Gasteiger partial charge in [0.25, 0.3) is 0 Å². The van der Waals surface area contributed by atoms with Gasteiger partial charge in [0.2, 0.25) is 0 Å². The van der Waals surface area contributed by atoms with Crippen molar-refractivity contribution in [2.45, 2.75) is 6.73 Å². The van der Waals surface area contributed by atoms with E-state index in [-0.39, 0.29) is 0 Å². The molecule has 0 aliphatic heterocycles. The van der Waals surface area contributed by atoms with E-state index in [2.05, 4.69) is 15.3 Å². The van der Waals surface area contributed by atoms with Gasteiger partial charge in [0, 0.05) is 18.1 Å². The van der Waals surface area contributed by atoms with E-state index >= 15 is 0 Å². The normalized spacial score (nSPS) is 11.0. The fraction of sp³-hybridized carbons (Fsp3) is 0.267. The van der Waals surface area contributed by atoms with Gasteiger partial charge >= 0.3 is 0 Å². The highest BCUT2D eigenvalue weighted by atomic mass is 32.1. The quantitative estimate of drug-likeness (QED) is 0.627. The van der Waals surface area contributed by atoms with Crippen LogP contribution in [0.3, 0.4) is 0 Å². The van der Waals surface area contributed by atoms with Gasteiger partial charge in [0.05, 0.1) is 19.4 Å². The Hall–Kier alpha value is -2.09. The van der Waals surface area contributed by atoms with Crippen LogP contribution in [0.15, 0.2) is 41.9 Å². The smallest absolute Gasteiger partial charge is 0.141 e. The summed E-state index contributed by atoms with van der Waals surface area (Å²) < 4.78 is 12.0. The molecular formula is C15H16N4O2S. The molecule has 0 aliphatic carbocycles. The van der Waals surface area contributed by atoms with E-state index in [1.54, 1.807) is 23.1 Å². The lowest BCUT2D eigenvalue weighted by Gasteiger charge is -2.01. The zero-order valence-corrected chi connectivity index (χ0v) is 13.0. The summed E-state index contributed by atoms with van der Waals surface area (Å²) in [7, 11) is 1.64. The van der Waals surface area contributed by atoms with Crippen molar-refractivity contribution in [1.29, 1.82) is 0 Å². The molecule has 0 saturated carbocycles. The van der Waals surface area contributed by atoms with Crippen LogP contribution in [-0.4, -0.2) is 40.3 Å². The Balaban J connectivity index is 1.68. The van der Waals surface area contributed by atoms with Gasteiger partial charge in [-0.1, -0.05) is 35.5 Å². The van der Waals surface area contributed by atoms with Crippen LogP contribution in [0.2, 0.25) is 0 Å². The van der Waals surface area contributed by atoms with Gasteiger partial charge in [-0.3, -0.25) is 0 Å². The molecule has 7 heteroatoms. The summed E-state index contributed by atoms with van der Waals surface area (Å²) in [4.78, 5) is 4.62. The summed E-state index contributed by atoms with van der Waals surface area (Å²) >= 11 is 1.60. The van der Waals surface area contributed by atoms with Gasteiger partial charge in [0.15, 0.2) is 0 Å². The van der Waals surface area contributed by atoms with Crippen molar-refractivity contribution in [1.82, 2.24) is 20.0 Å². The van der Waals surface area contributed by atoms with E-state index in [0.29, 0.717) is 19.9 Å². The molecule has 0 bridgehead atoms. The first-order valence-electron chi connectivity index (χ1n) is 6.85. The van der Waals surface area contributed by atoms with Crippen LogP contribution in [0.5, 0.6) is 0 Å². The summed E-state index contributed by atoms with van der Waals surface area (Å²) in [6.45, 7) is 1.45. The van der Waals surface area contributed by atoms with Crippen molar-refractivity contribution in [3.8, 4) is 22.0 Å². The van der Waals surface area contributed by atoms with Crippen LogP contribution < -0.4 is 0 Å². The van der Waals surface area contributed by atoms with Crippen molar-refractivity contribution >= 4 is 11.3 Å². The molecule has 6 nitrogen and oxygen atoms in total. The van der Waals surface area contributed by atoms with Gasteiger partial charge in [-0.05, 0) is 0 Å². The lowest BCUT2D eigenvalue weighted by molar-refractivity contribution is 0.0281. The van der Waals surface area contributed by atoms with Crippen molar-refractivity contribution in [2.75, 3.05) is 20.3 Å². The maximum Gasteiger partial charge on any atom is 0.141 e. The molecular weight excluding hydrogens is 300 g/mol. The maximum atomic E-state index is 5.40. The first kappa shape index (κ1) is 14.8. The number of thiazole rings is 1. The van der Waals surface area contributed by atoms with E-state index < -0.39 is 0 Å². The van der Waals surface area contributed by atoms with Gasteiger partial charge < -0.3 is 9.47 Å². The van der Waals surface area contributed by atoms with Crippen LogP contribution in [0.1, 0.15) is 0 Å². The van der Waals surface area contributed by atoms with Gasteiger partial charge in [-0.15, -0.1) is 16.4 Å². The number of rotatable bonds is 7. The summed E-state index contributed by atoms with van der Waals surface area (Å²) in [5.41, 5.74) is 2.68. The standard InChI is InChI=1S/C15H16N4O2S/c1-20-7-8-21-11-19-9-13(17-18-19)14-10-22-15(16-14)12-5-3-2-4-6-12/h2-6,9-10H,7-8,11H2,1H3. The third kappa shape index (κ3) is 3.56. The lowest BCUT2D eigenvalue weighted by Crippen LogP contribution is -2.07. The number of methoxy groups -OCH3 is 1. The number of hydrogen-bond donors (Lipinski definition) is 0. The Morgan fingerprint density at radius 3 is 2.82 bits per heavy atom. The number of ether oxygens (including phenoxy) is 2. The van der Waals surface area contributed by atoms with Gasteiger partial charge in [-0.25, -0.2) is 9.67 Å². The fourth-order valence-corrected chi connectivity index (χ4v) is 2.70. The number of hydrogen-bond acceptors (Lipinski definition) is 6. The predicted octanol–water partition coefficient (Wildman–Crippen LogP) is 2.69. The summed E-state index contributed by atoms with van der Waals surface area (Å²) in [6, 6.07) is 10.1. The molecule has 1 aromatic carbocycles. The van der Waals surface area contributed by atoms with E-state index in [4.69, 9.17) is 9.47 Å². The van der Waals surface area contributed by atoms with Gasteiger partial charge in [-0.2, -0.15) is 0 Å². The van der Waals surface area contributed by atoms with E-state index in [1.165, 1.54) is 0 Å². The minimum Gasteiger partial charge on any atom is -0.382 e. The highest BCUT2D eigenvalue weighted by Gasteiger charge is 2.09. The average molecular weight is 316 g/mol. The molecule has 0 N–H and O–H groups in total. The molecule has 0 spiro atoms. The zero-order chi connectivity index (χ0) is 15.2. The zero-order valence-electron chi connectivity index (χ0n) is 12.2. The SMILES string of the molecule is COCCOCn1cc(-c2csc(-c3ccccc3)n2)nn1. The second kappa shape index (κ2) is 7.26. The first-order chi connectivity index (χ1) is 10.9. The third-order valence-electron chi connectivity index (χ3n) is 2.98. The minimum atomic E-state index is 0.353. The maximum absolute atomic E-state index is 5.40. The Morgan fingerprint density at radius 1 is 1.14 bits per heavy atom. The van der Waals surface area contributed by atoms with Crippen molar-refractivity contribution < 1.29 is 9.47 Å². The predicted molar refractivity (Wildman–Crippen MR) is 84.4 cm³/mol. The monoisotopic (exact) mass is 316 g/mol. The minimum absolute atomic E-state index is 0.353. The average Bonchev–Trinajstić information content (AvgIpc) is 3.21. The summed E-state index contributed by atoms with van der Waals surface area (Å²) in [5, 5.41) is 11.1. The van der Waals surface area contributed by atoms with E-state index in [0.717, 1.165) is 22.0 Å². The van der Waals surface area contributed by atoms with Crippen molar-refractivity contribution in [3.05, 3.63) is 41.9 Å². The second-order valence-corrected chi connectivity index (χ2v) is 5.44. The Kier molecular flexibility index (Phi) is 4.89. The van der Waals surface area contributed by atoms with Crippen LogP contribution in [0.25, 0.3) is 22.0 Å². The topological polar surface area (TPSA) is 62.1 Å². The van der Waals surface area contributed by atoms with Crippen LogP contribution >= 0.6 is 11.3 Å². The Bertz CT molecular complexity index is 711. The first-order valence-corrected chi connectivity index (χ1v) is 7.73. The van der Waals surface area contributed by atoms with Gasteiger partial charge in [0.1, 0.15) is 23.1 Å². The summed E-state index contributed by atoms with van der Waals surface area (Å²) in [6.07, 6.45) is 1.83. The molecule has 0 atom stereocenters. The number of aromatic nitrogens is 4. The third-order valence-corrected chi connectivity index (χ3v) is 3.87. The molecule has 0 aliphatic rings. The van der Waals surface area contributed by atoms with Crippen LogP contribution in [-0.2, 0) is 16.2 Å². The second-order valence-electron chi connectivity index (χ2n) is 4.58. The molecule has 0 unspecified atom stereocenters. The molecule has 2 heterocycles. The van der Waals surface area contributed by atoms with E-state index in [9.17, 15) is 0 Å². The molecule has 3 rings (SSSR count). The molecule has 114 valence electrons. The Labute approximate surface area is 132 Å². The number of nitrogens with zero attached hydrogens (tertiary/aromatic N) is 4. The molecule has 3 aromatic rings. The Morgan fingerprint density at radius 2 is 2.00 bits per heavy atom. The molecule has 0 fully saturated rings. The number of benzene rings is 1. The van der Waals surface area contributed by atoms with Crippen molar-refractivity contribution in [2.24, 2.45) is 0 Å². The lowest BCUT2D eigenvalue weighted by atomic mass is 10.2. The highest BCUT2D eigenvalue weighted by Crippen LogP contribution is 2.27.